The van der Waals surface area contributed by atoms with E-state index in [0.29, 0.717) is 21.2 Å². The third-order valence-corrected chi connectivity index (χ3v) is 6.59. The molecule has 0 bridgehead atoms. The molecule has 0 saturated heterocycles. The van der Waals surface area contributed by atoms with Crippen LogP contribution in [-0.2, 0) is 11.2 Å². The highest BCUT2D eigenvalue weighted by atomic mass is 32.2. The summed E-state index contributed by atoms with van der Waals surface area (Å²) >= 11 is 4.10. The lowest BCUT2D eigenvalue weighted by Crippen LogP contribution is -2.11. The van der Waals surface area contributed by atoms with Crippen LogP contribution in [-0.4, -0.2) is 47.7 Å². The van der Waals surface area contributed by atoms with Crippen molar-refractivity contribution in [1.29, 1.82) is 0 Å². The van der Waals surface area contributed by atoms with Gasteiger partial charge in [0.05, 0.1) is 24.1 Å². The molecular formula is C17H14N6O2S3. The fourth-order valence-electron chi connectivity index (χ4n) is 2.49. The smallest absolute Gasteiger partial charge is 0.262 e. The number of carbonyl (C=O) groups excluding carboxylic acids is 1. The number of H-pyrrole nitrogens is 1. The average Bonchev–Trinajstić information content (AvgIpc) is 3.34. The molecule has 3 aromatic heterocycles. The summed E-state index contributed by atoms with van der Waals surface area (Å²) in [4.78, 5) is 31.8. The summed E-state index contributed by atoms with van der Waals surface area (Å²) in [5.74, 6) is 0.176. The third kappa shape index (κ3) is 4.01. The minimum absolute atomic E-state index is 0.00637. The highest BCUT2D eigenvalue weighted by Crippen LogP contribution is 2.21. The van der Waals surface area contributed by atoms with Crippen LogP contribution in [0.5, 0.6) is 0 Å². The van der Waals surface area contributed by atoms with Crippen LogP contribution in [0, 0.1) is 0 Å². The van der Waals surface area contributed by atoms with E-state index in [1.54, 1.807) is 4.68 Å². The molecule has 142 valence electrons. The van der Waals surface area contributed by atoms with Gasteiger partial charge in [-0.15, -0.1) is 10.2 Å². The van der Waals surface area contributed by atoms with Gasteiger partial charge in [0.2, 0.25) is 0 Å². The van der Waals surface area contributed by atoms with Gasteiger partial charge in [-0.3, -0.25) is 9.59 Å². The number of benzene rings is 1. The number of Topliss-reactive ketones (excluding diaryl/α,β-unsaturated/α-hetero) is 1. The predicted octanol–water partition coefficient (Wildman–Crippen LogP) is 2.59. The topological polar surface area (TPSA) is 106 Å². The van der Waals surface area contributed by atoms with Crippen LogP contribution < -0.4 is 5.56 Å². The first kappa shape index (κ1) is 18.8. The van der Waals surface area contributed by atoms with Gasteiger partial charge in [0, 0.05) is 0 Å². The first-order chi connectivity index (χ1) is 13.6. The average molecular weight is 431 g/mol. The summed E-state index contributed by atoms with van der Waals surface area (Å²) in [6.07, 6.45) is 3.63. The first-order valence-corrected chi connectivity index (χ1v) is 11.2. The number of rotatable bonds is 7. The van der Waals surface area contributed by atoms with Crippen LogP contribution in [0.1, 0.15) is 5.01 Å². The second-order valence-electron chi connectivity index (χ2n) is 5.67. The Morgan fingerprint density at radius 3 is 2.82 bits per heavy atom. The molecule has 0 atom stereocenters. The Kier molecular flexibility index (Phi) is 5.55. The molecule has 8 nitrogen and oxygen atoms in total. The molecule has 0 fully saturated rings. The lowest BCUT2D eigenvalue weighted by Gasteiger charge is -2.04. The molecule has 11 heteroatoms. The zero-order valence-electron chi connectivity index (χ0n) is 14.7. The van der Waals surface area contributed by atoms with Gasteiger partial charge in [-0.2, -0.15) is 5.10 Å². The number of aromatic amines is 1. The molecule has 0 amide bonds. The molecule has 4 rings (SSSR count). The summed E-state index contributed by atoms with van der Waals surface area (Å²) in [5.41, 5.74) is 0.984. The van der Waals surface area contributed by atoms with Gasteiger partial charge in [0.15, 0.2) is 15.1 Å². The molecule has 3 heterocycles. The first-order valence-electron chi connectivity index (χ1n) is 8.18. The summed E-state index contributed by atoms with van der Waals surface area (Å²) < 4.78 is 2.45. The van der Waals surface area contributed by atoms with Crippen LogP contribution in [0.25, 0.3) is 16.7 Å². The number of nitrogens with one attached hydrogen (secondary N) is 1. The Balaban J connectivity index is 1.52. The monoisotopic (exact) mass is 430 g/mol. The van der Waals surface area contributed by atoms with E-state index in [0.717, 1.165) is 10.0 Å². The quantitative estimate of drug-likeness (QED) is 0.352. The van der Waals surface area contributed by atoms with Crippen molar-refractivity contribution in [2.75, 3.05) is 12.0 Å². The van der Waals surface area contributed by atoms with Crippen LogP contribution >= 0.6 is 34.9 Å². The molecule has 0 aliphatic carbocycles. The van der Waals surface area contributed by atoms with Gasteiger partial charge in [-0.25, -0.2) is 9.67 Å². The fraction of sp³-hybridized carbons (Fsp3) is 0.176. The molecule has 0 aliphatic rings. The lowest BCUT2D eigenvalue weighted by molar-refractivity contribution is -0.116. The lowest BCUT2D eigenvalue weighted by atomic mass is 10.3. The van der Waals surface area contributed by atoms with Gasteiger partial charge in [0.25, 0.3) is 5.56 Å². The van der Waals surface area contributed by atoms with Gasteiger partial charge < -0.3 is 4.98 Å². The second-order valence-corrected chi connectivity index (χ2v) is 8.75. The predicted molar refractivity (Wildman–Crippen MR) is 111 cm³/mol. The van der Waals surface area contributed by atoms with E-state index >= 15 is 0 Å². The molecule has 1 N–H and O–H groups in total. The van der Waals surface area contributed by atoms with Crippen molar-refractivity contribution in [2.45, 2.75) is 15.9 Å². The molecule has 0 unspecified atom stereocenters. The van der Waals surface area contributed by atoms with E-state index in [1.807, 2.05) is 36.6 Å². The van der Waals surface area contributed by atoms with Crippen molar-refractivity contribution >= 4 is 51.7 Å². The fourth-order valence-corrected chi connectivity index (χ4v) is 4.54. The maximum Gasteiger partial charge on any atom is 0.262 e. The number of thioether (sulfide) groups is 2. The third-order valence-electron chi connectivity index (χ3n) is 3.76. The van der Waals surface area contributed by atoms with E-state index in [-0.39, 0.29) is 23.5 Å². The molecule has 0 radical (unpaired) electrons. The Labute approximate surface area is 171 Å². The van der Waals surface area contributed by atoms with E-state index < -0.39 is 0 Å². The minimum atomic E-state index is -0.282. The van der Waals surface area contributed by atoms with Crippen molar-refractivity contribution in [2.24, 2.45) is 0 Å². The van der Waals surface area contributed by atoms with Crippen molar-refractivity contribution in [1.82, 2.24) is 29.9 Å². The van der Waals surface area contributed by atoms with Gasteiger partial charge in [-0.1, -0.05) is 53.1 Å². The molecule has 0 spiro atoms. The van der Waals surface area contributed by atoms with Crippen molar-refractivity contribution < 1.29 is 4.79 Å². The van der Waals surface area contributed by atoms with E-state index in [9.17, 15) is 9.59 Å². The maximum absolute atomic E-state index is 12.3. The highest BCUT2D eigenvalue weighted by Gasteiger charge is 2.14. The van der Waals surface area contributed by atoms with Crippen LogP contribution in [0.3, 0.4) is 0 Å². The number of para-hydroxylation sites is 1. The van der Waals surface area contributed by atoms with Gasteiger partial charge in [0.1, 0.15) is 16.2 Å². The SMILES string of the molecule is CSc1nnc(CC(=O)CSc2nc3c(cnn3-c3ccccc3)c(=O)[nH]2)s1. The van der Waals surface area contributed by atoms with Gasteiger partial charge >= 0.3 is 0 Å². The Hall–Kier alpha value is -2.50. The normalized spacial score (nSPS) is 11.2. The molecule has 0 aliphatic heterocycles. The van der Waals surface area contributed by atoms with Crippen LogP contribution in [0.4, 0.5) is 0 Å². The molecule has 0 saturated carbocycles. The van der Waals surface area contributed by atoms with Crippen molar-refractivity contribution in [3.05, 3.63) is 51.9 Å². The number of fused-ring (bicyclic) bond motifs is 1. The Bertz CT molecular complexity index is 1180. The molecule has 28 heavy (non-hydrogen) atoms. The minimum Gasteiger partial charge on any atom is -0.301 e. The summed E-state index contributed by atoms with van der Waals surface area (Å²) in [5, 5.41) is 13.7. The molecular weight excluding hydrogens is 416 g/mol. The zero-order chi connectivity index (χ0) is 19.5. The standard InChI is InChI=1S/C17H14N6O2S3/c1-26-17-22-21-13(28-17)7-11(24)9-27-16-19-14-12(15(25)20-16)8-18-23(14)10-5-3-2-4-6-10/h2-6,8H,7,9H2,1H3,(H,19,20,25). The Morgan fingerprint density at radius 1 is 1.25 bits per heavy atom. The number of hydrogen-bond donors (Lipinski definition) is 1. The Morgan fingerprint density at radius 2 is 2.07 bits per heavy atom. The molecule has 1 aromatic carbocycles. The number of hydrogen-bond acceptors (Lipinski definition) is 9. The van der Waals surface area contributed by atoms with Crippen molar-refractivity contribution in [3.63, 3.8) is 0 Å². The number of ketones is 1. The summed E-state index contributed by atoms with van der Waals surface area (Å²) in [6, 6.07) is 9.45. The zero-order valence-corrected chi connectivity index (χ0v) is 17.1. The largest absolute Gasteiger partial charge is 0.301 e. The van der Waals surface area contributed by atoms with Crippen molar-refractivity contribution in [3.8, 4) is 5.69 Å². The highest BCUT2D eigenvalue weighted by molar-refractivity contribution is 8.00. The van der Waals surface area contributed by atoms with Crippen LogP contribution in [0.2, 0.25) is 0 Å². The summed E-state index contributed by atoms with van der Waals surface area (Å²) in [7, 11) is 0. The van der Waals surface area contributed by atoms with Gasteiger partial charge in [-0.05, 0) is 18.4 Å². The number of aromatic nitrogens is 6. The second kappa shape index (κ2) is 8.25. The van der Waals surface area contributed by atoms with E-state index in [4.69, 9.17) is 0 Å². The van der Waals surface area contributed by atoms with E-state index in [2.05, 4.69) is 25.3 Å². The number of carbonyl (C=O) groups is 1. The number of nitrogens with zero attached hydrogens (tertiary/aromatic N) is 5. The molecule has 4 aromatic rings. The summed E-state index contributed by atoms with van der Waals surface area (Å²) in [6.45, 7) is 0. The van der Waals surface area contributed by atoms with Crippen LogP contribution in [0.15, 0.2) is 50.8 Å². The maximum atomic E-state index is 12.3. The van der Waals surface area contributed by atoms with E-state index in [1.165, 1.54) is 41.1 Å².